The van der Waals surface area contributed by atoms with Gasteiger partial charge in [0.25, 0.3) is 0 Å². The molecule has 2 heterocycles. The van der Waals surface area contributed by atoms with E-state index in [4.69, 9.17) is 4.42 Å². The fraction of sp³-hybridized carbons (Fsp3) is 0.636. The highest BCUT2D eigenvalue weighted by Crippen LogP contribution is 2.19. The Labute approximate surface area is 84.3 Å². The van der Waals surface area contributed by atoms with E-state index in [1.165, 1.54) is 12.8 Å². The summed E-state index contributed by atoms with van der Waals surface area (Å²) in [5.41, 5.74) is 0. The van der Waals surface area contributed by atoms with Crippen molar-refractivity contribution < 1.29 is 9.52 Å². The average Bonchev–Trinajstić information content (AvgIpc) is 2.75. The lowest BCUT2D eigenvalue weighted by atomic mass is 10.2. The van der Waals surface area contributed by atoms with Crippen molar-refractivity contribution in [2.24, 2.45) is 0 Å². The van der Waals surface area contributed by atoms with Crippen LogP contribution in [-0.2, 0) is 0 Å². The molecular weight excluding hydrogens is 178 g/mol. The van der Waals surface area contributed by atoms with Gasteiger partial charge in [-0.25, -0.2) is 0 Å². The number of aliphatic hydroxyl groups is 1. The van der Waals surface area contributed by atoms with Crippen molar-refractivity contribution in [3.8, 4) is 0 Å². The van der Waals surface area contributed by atoms with Gasteiger partial charge >= 0.3 is 0 Å². The lowest BCUT2D eigenvalue weighted by Gasteiger charge is -2.17. The molecule has 1 aliphatic heterocycles. The van der Waals surface area contributed by atoms with Crippen LogP contribution in [0.5, 0.6) is 0 Å². The normalized spacial score (nSPS) is 20.1. The SMILES string of the molecule is Cc1ccc(C(O)CN2CCCC2)o1. The van der Waals surface area contributed by atoms with E-state index in [9.17, 15) is 5.11 Å². The Morgan fingerprint density at radius 1 is 1.43 bits per heavy atom. The van der Waals surface area contributed by atoms with Gasteiger partial charge in [-0.15, -0.1) is 0 Å². The molecule has 3 nitrogen and oxygen atoms in total. The summed E-state index contributed by atoms with van der Waals surface area (Å²) in [5, 5.41) is 9.86. The number of hydrogen-bond donors (Lipinski definition) is 1. The molecule has 0 amide bonds. The van der Waals surface area contributed by atoms with Crippen LogP contribution in [0.25, 0.3) is 0 Å². The van der Waals surface area contributed by atoms with Gasteiger partial charge in [0.05, 0.1) is 0 Å². The zero-order valence-corrected chi connectivity index (χ0v) is 8.57. The third-order valence-electron chi connectivity index (χ3n) is 2.72. The Morgan fingerprint density at radius 3 is 2.71 bits per heavy atom. The van der Waals surface area contributed by atoms with Crippen LogP contribution in [0.3, 0.4) is 0 Å². The molecule has 1 N–H and O–H groups in total. The van der Waals surface area contributed by atoms with Gasteiger partial charge in [-0.1, -0.05) is 0 Å². The lowest BCUT2D eigenvalue weighted by Crippen LogP contribution is -2.25. The van der Waals surface area contributed by atoms with Crippen molar-refractivity contribution >= 4 is 0 Å². The van der Waals surface area contributed by atoms with Crippen LogP contribution < -0.4 is 0 Å². The molecule has 0 spiro atoms. The summed E-state index contributed by atoms with van der Waals surface area (Å²) in [5.74, 6) is 1.55. The maximum absolute atomic E-state index is 9.86. The second-order valence-electron chi connectivity index (χ2n) is 3.97. The summed E-state index contributed by atoms with van der Waals surface area (Å²) in [4.78, 5) is 2.28. The molecule has 1 aromatic heterocycles. The molecule has 1 fully saturated rings. The van der Waals surface area contributed by atoms with E-state index >= 15 is 0 Å². The average molecular weight is 195 g/mol. The Bertz CT molecular complexity index is 289. The summed E-state index contributed by atoms with van der Waals surface area (Å²) in [6.07, 6.45) is 2.04. The number of rotatable bonds is 3. The molecule has 0 bridgehead atoms. The fourth-order valence-corrected chi connectivity index (χ4v) is 1.93. The second kappa shape index (κ2) is 4.15. The molecule has 14 heavy (non-hydrogen) atoms. The van der Waals surface area contributed by atoms with Crippen LogP contribution in [0.1, 0.15) is 30.5 Å². The molecule has 3 heteroatoms. The van der Waals surface area contributed by atoms with Gasteiger partial charge in [0.15, 0.2) is 0 Å². The predicted octanol–water partition coefficient (Wildman–Crippen LogP) is 1.72. The van der Waals surface area contributed by atoms with Crippen molar-refractivity contribution in [2.75, 3.05) is 19.6 Å². The number of furan rings is 1. The monoisotopic (exact) mass is 195 g/mol. The smallest absolute Gasteiger partial charge is 0.133 e. The first-order valence-electron chi connectivity index (χ1n) is 5.22. The minimum absolute atomic E-state index is 0.471. The summed E-state index contributed by atoms with van der Waals surface area (Å²) in [7, 11) is 0. The van der Waals surface area contributed by atoms with E-state index < -0.39 is 6.10 Å². The Hall–Kier alpha value is -0.800. The minimum atomic E-state index is -0.471. The largest absolute Gasteiger partial charge is 0.464 e. The third kappa shape index (κ3) is 2.16. The number of aryl methyl sites for hydroxylation is 1. The molecule has 0 saturated carbocycles. The van der Waals surface area contributed by atoms with Crippen molar-refractivity contribution in [1.29, 1.82) is 0 Å². The Kier molecular flexibility index (Phi) is 2.89. The summed E-state index contributed by atoms with van der Waals surface area (Å²) >= 11 is 0. The molecule has 2 rings (SSSR count). The highest BCUT2D eigenvalue weighted by Gasteiger charge is 2.18. The van der Waals surface area contributed by atoms with Crippen molar-refractivity contribution in [1.82, 2.24) is 4.90 Å². The first-order chi connectivity index (χ1) is 6.75. The molecule has 1 atom stereocenters. The van der Waals surface area contributed by atoms with Gasteiger partial charge in [-0.2, -0.15) is 0 Å². The zero-order chi connectivity index (χ0) is 9.97. The van der Waals surface area contributed by atoms with E-state index in [1.807, 2.05) is 19.1 Å². The van der Waals surface area contributed by atoms with Gasteiger partial charge in [0, 0.05) is 6.54 Å². The number of nitrogens with zero attached hydrogens (tertiary/aromatic N) is 1. The van der Waals surface area contributed by atoms with E-state index in [-0.39, 0.29) is 0 Å². The molecule has 1 aromatic rings. The minimum Gasteiger partial charge on any atom is -0.464 e. The van der Waals surface area contributed by atoms with Gasteiger partial charge in [-0.3, -0.25) is 0 Å². The van der Waals surface area contributed by atoms with Crippen LogP contribution in [-0.4, -0.2) is 29.6 Å². The quantitative estimate of drug-likeness (QED) is 0.797. The van der Waals surface area contributed by atoms with Crippen molar-refractivity contribution in [3.05, 3.63) is 23.7 Å². The number of β-amino-alcohol motifs (C(OH)–C–C–N with tert-alkyl or cyclic N) is 1. The Morgan fingerprint density at radius 2 is 2.14 bits per heavy atom. The van der Waals surface area contributed by atoms with Crippen LogP contribution in [0.4, 0.5) is 0 Å². The maximum atomic E-state index is 9.86. The molecule has 1 unspecified atom stereocenters. The molecule has 0 radical (unpaired) electrons. The standard InChI is InChI=1S/C11H17NO2/c1-9-4-5-11(14-9)10(13)8-12-6-2-3-7-12/h4-5,10,13H,2-3,6-8H2,1H3. The summed E-state index contributed by atoms with van der Waals surface area (Å²) in [6.45, 7) is 4.81. The van der Waals surface area contributed by atoms with Gasteiger partial charge in [0.2, 0.25) is 0 Å². The molecule has 1 aliphatic rings. The summed E-state index contributed by atoms with van der Waals surface area (Å²) in [6, 6.07) is 3.75. The highest BCUT2D eigenvalue weighted by atomic mass is 16.4. The third-order valence-corrected chi connectivity index (χ3v) is 2.72. The van der Waals surface area contributed by atoms with Gasteiger partial charge in [0.1, 0.15) is 17.6 Å². The first kappa shape index (κ1) is 9.74. The van der Waals surface area contributed by atoms with E-state index in [2.05, 4.69) is 4.90 Å². The summed E-state index contributed by atoms with van der Waals surface area (Å²) < 4.78 is 5.38. The maximum Gasteiger partial charge on any atom is 0.133 e. The predicted molar refractivity (Wildman–Crippen MR) is 54.1 cm³/mol. The van der Waals surface area contributed by atoms with Crippen molar-refractivity contribution in [3.63, 3.8) is 0 Å². The Balaban J connectivity index is 1.91. The van der Waals surface area contributed by atoms with Crippen LogP contribution in [0, 0.1) is 6.92 Å². The number of aliphatic hydroxyl groups excluding tert-OH is 1. The first-order valence-corrected chi connectivity index (χ1v) is 5.22. The topological polar surface area (TPSA) is 36.6 Å². The lowest BCUT2D eigenvalue weighted by molar-refractivity contribution is 0.104. The number of likely N-dealkylation sites (tertiary alicyclic amines) is 1. The van der Waals surface area contributed by atoms with E-state index in [1.54, 1.807) is 0 Å². The highest BCUT2D eigenvalue weighted by molar-refractivity contribution is 5.08. The van der Waals surface area contributed by atoms with Crippen LogP contribution in [0.2, 0.25) is 0 Å². The van der Waals surface area contributed by atoms with Crippen LogP contribution >= 0.6 is 0 Å². The molecule has 1 saturated heterocycles. The van der Waals surface area contributed by atoms with Gasteiger partial charge in [-0.05, 0) is 45.0 Å². The molecular formula is C11H17NO2. The van der Waals surface area contributed by atoms with Crippen molar-refractivity contribution in [2.45, 2.75) is 25.9 Å². The molecule has 78 valence electrons. The van der Waals surface area contributed by atoms with Gasteiger partial charge < -0.3 is 14.4 Å². The fourth-order valence-electron chi connectivity index (χ4n) is 1.93. The molecule has 0 aliphatic carbocycles. The van der Waals surface area contributed by atoms with E-state index in [0.29, 0.717) is 12.3 Å². The number of hydrogen-bond acceptors (Lipinski definition) is 3. The zero-order valence-electron chi connectivity index (χ0n) is 8.57. The van der Waals surface area contributed by atoms with E-state index in [0.717, 1.165) is 18.8 Å². The molecule has 0 aromatic carbocycles. The second-order valence-corrected chi connectivity index (χ2v) is 3.97. The van der Waals surface area contributed by atoms with Crippen LogP contribution in [0.15, 0.2) is 16.5 Å².